The molecule has 1 aliphatic heterocycles. The summed E-state index contributed by atoms with van der Waals surface area (Å²) >= 11 is 0. The second kappa shape index (κ2) is 8.60. The van der Waals surface area contributed by atoms with E-state index in [1.807, 2.05) is 48.5 Å². The van der Waals surface area contributed by atoms with E-state index >= 15 is 0 Å². The van der Waals surface area contributed by atoms with Gasteiger partial charge >= 0.3 is 0 Å². The monoisotopic (exact) mass is 389 g/mol. The molecule has 0 radical (unpaired) electrons. The van der Waals surface area contributed by atoms with Gasteiger partial charge in [0, 0.05) is 31.9 Å². The Hall–Kier alpha value is -3.61. The summed E-state index contributed by atoms with van der Waals surface area (Å²) in [6.45, 7) is 3.36. The topological polar surface area (TPSA) is 70.6 Å². The molecule has 1 aromatic heterocycles. The van der Waals surface area contributed by atoms with E-state index in [2.05, 4.69) is 31.2 Å². The molecule has 148 valence electrons. The number of methoxy groups -OCH3 is 1. The Morgan fingerprint density at radius 1 is 0.897 bits per heavy atom. The standard InChI is InChI=1S/C22H23N5O2/c1-29-20-10-6-5-9-19(20)26-11-13-27(14-12-26)21-16-23-18(15-24-21)22(28)25-17-7-3-2-4-8-17/h2-10,15-16H,11-14H2,1H3,(H,25,28). The molecule has 0 spiro atoms. The number of carbonyl (C=O) groups excluding carboxylic acids is 1. The van der Waals surface area contributed by atoms with Crippen LogP contribution in [0.15, 0.2) is 67.0 Å². The Bertz CT molecular complexity index is 954. The quantitative estimate of drug-likeness (QED) is 0.723. The lowest BCUT2D eigenvalue weighted by molar-refractivity contribution is 0.102. The van der Waals surface area contributed by atoms with Gasteiger partial charge in [-0.1, -0.05) is 30.3 Å². The van der Waals surface area contributed by atoms with Gasteiger partial charge in [-0.2, -0.15) is 0 Å². The highest BCUT2D eigenvalue weighted by Crippen LogP contribution is 2.28. The Kier molecular flexibility index (Phi) is 5.56. The van der Waals surface area contributed by atoms with Crippen molar-refractivity contribution in [3.63, 3.8) is 0 Å². The van der Waals surface area contributed by atoms with Crippen LogP contribution in [0.25, 0.3) is 0 Å². The third-order valence-electron chi connectivity index (χ3n) is 4.93. The molecule has 2 heterocycles. The van der Waals surface area contributed by atoms with Gasteiger partial charge in [-0.05, 0) is 24.3 Å². The average molecular weight is 389 g/mol. The lowest BCUT2D eigenvalue weighted by Crippen LogP contribution is -2.47. The summed E-state index contributed by atoms with van der Waals surface area (Å²) in [5.74, 6) is 1.40. The van der Waals surface area contributed by atoms with E-state index in [4.69, 9.17) is 4.74 Å². The number of nitrogens with zero attached hydrogens (tertiary/aromatic N) is 4. The largest absolute Gasteiger partial charge is 0.495 e. The van der Waals surface area contributed by atoms with Crippen LogP contribution < -0.4 is 19.9 Å². The van der Waals surface area contributed by atoms with Crippen LogP contribution in [0.5, 0.6) is 5.75 Å². The first-order valence-electron chi connectivity index (χ1n) is 9.56. The normalized spacial score (nSPS) is 13.8. The van der Waals surface area contributed by atoms with Gasteiger partial charge in [0.05, 0.1) is 25.2 Å². The Morgan fingerprint density at radius 2 is 1.59 bits per heavy atom. The fourth-order valence-corrected chi connectivity index (χ4v) is 3.39. The van der Waals surface area contributed by atoms with E-state index < -0.39 is 0 Å². The van der Waals surface area contributed by atoms with Crippen LogP contribution in [-0.4, -0.2) is 49.2 Å². The molecule has 0 aliphatic carbocycles. The molecule has 7 heteroatoms. The van der Waals surface area contributed by atoms with Crippen LogP contribution in [0.2, 0.25) is 0 Å². The minimum atomic E-state index is -0.267. The molecular weight excluding hydrogens is 366 g/mol. The lowest BCUT2D eigenvalue weighted by Gasteiger charge is -2.37. The van der Waals surface area contributed by atoms with Gasteiger partial charge in [0.25, 0.3) is 5.91 Å². The summed E-state index contributed by atoms with van der Waals surface area (Å²) in [5.41, 5.74) is 2.13. The molecule has 1 aliphatic rings. The number of aromatic nitrogens is 2. The molecule has 0 unspecified atom stereocenters. The molecule has 7 nitrogen and oxygen atoms in total. The molecule has 2 aromatic carbocycles. The first-order valence-corrected chi connectivity index (χ1v) is 9.56. The molecule has 1 N–H and O–H groups in total. The maximum atomic E-state index is 12.3. The summed E-state index contributed by atoms with van der Waals surface area (Å²) < 4.78 is 5.47. The van der Waals surface area contributed by atoms with Gasteiger partial charge in [0.15, 0.2) is 0 Å². The molecule has 0 saturated carbocycles. The van der Waals surface area contributed by atoms with E-state index in [0.717, 1.165) is 49.1 Å². The van der Waals surface area contributed by atoms with E-state index in [1.54, 1.807) is 13.3 Å². The molecule has 29 heavy (non-hydrogen) atoms. The van der Waals surface area contributed by atoms with Crippen molar-refractivity contribution in [1.29, 1.82) is 0 Å². The van der Waals surface area contributed by atoms with E-state index in [9.17, 15) is 4.79 Å². The van der Waals surface area contributed by atoms with Crippen LogP contribution >= 0.6 is 0 Å². The number of amides is 1. The minimum absolute atomic E-state index is 0.267. The van der Waals surface area contributed by atoms with Crippen LogP contribution in [-0.2, 0) is 0 Å². The summed E-state index contributed by atoms with van der Waals surface area (Å²) in [7, 11) is 1.69. The molecular formula is C22H23N5O2. The SMILES string of the molecule is COc1ccccc1N1CCN(c2cnc(C(=O)Nc3ccccc3)cn2)CC1. The summed E-state index contributed by atoms with van der Waals surface area (Å²) in [5, 5.41) is 2.82. The minimum Gasteiger partial charge on any atom is -0.495 e. The average Bonchev–Trinajstić information content (AvgIpc) is 2.80. The number of para-hydroxylation sites is 3. The predicted molar refractivity (Wildman–Crippen MR) is 114 cm³/mol. The van der Waals surface area contributed by atoms with Crippen molar-refractivity contribution in [2.75, 3.05) is 48.4 Å². The van der Waals surface area contributed by atoms with Gasteiger partial charge in [0.1, 0.15) is 17.3 Å². The van der Waals surface area contributed by atoms with Crippen molar-refractivity contribution in [2.45, 2.75) is 0 Å². The fraction of sp³-hybridized carbons (Fsp3) is 0.227. The highest BCUT2D eigenvalue weighted by Gasteiger charge is 2.21. The molecule has 0 atom stereocenters. The molecule has 1 fully saturated rings. The highest BCUT2D eigenvalue weighted by molar-refractivity contribution is 6.02. The third-order valence-corrected chi connectivity index (χ3v) is 4.93. The van der Waals surface area contributed by atoms with E-state index in [-0.39, 0.29) is 5.91 Å². The van der Waals surface area contributed by atoms with Crippen LogP contribution in [0.1, 0.15) is 10.5 Å². The third kappa shape index (κ3) is 4.29. The Morgan fingerprint density at radius 3 is 2.28 bits per heavy atom. The first kappa shape index (κ1) is 18.7. The second-order valence-corrected chi connectivity index (χ2v) is 6.73. The molecule has 0 bridgehead atoms. The van der Waals surface area contributed by atoms with Crippen LogP contribution in [0.4, 0.5) is 17.2 Å². The van der Waals surface area contributed by atoms with Crippen molar-refractivity contribution in [1.82, 2.24) is 9.97 Å². The fourth-order valence-electron chi connectivity index (χ4n) is 3.39. The van der Waals surface area contributed by atoms with Gasteiger partial charge in [-0.15, -0.1) is 0 Å². The highest BCUT2D eigenvalue weighted by atomic mass is 16.5. The van der Waals surface area contributed by atoms with E-state index in [1.165, 1.54) is 6.20 Å². The van der Waals surface area contributed by atoms with Gasteiger partial charge in [-0.25, -0.2) is 9.97 Å². The summed E-state index contributed by atoms with van der Waals surface area (Å²) in [6.07, 6.45) is 3.19. The lowest BCUT2D eigenvalue weighted by atomic mass is 10.2. The predicted octanol–water partition coefficient (Wildman–Crippen LogP) is 3.06. The number of carbonyl (C=O) groups is 1. The number of anilines is 3. The van der Waals surface area contributed by atoms with Gasteiger partial charge in [0.2, 0.25) is 0 Å². The van der Waals surface area contributed by atoms with Crippen LogP contribution in [0.3, 0.4) is 0 Å². The Balaban J connectivity index is 1.37. The molecule has 3 aromatic rings. The number of nitrogens with one attached hydrogen (secondary N) is 1. The zero-order valence-electron chi connectivity index (χ0n) is 16.3. The number of rotatable bonds is 5. The molecule has 4 rings (SSSR count). The Labute approximate surface area is 170 Å². The van der Waals surface area contributed by atoms with Crippen molar-refractivity contribution in [3.05, 3.63) is 72.7 Å². The molecule has 1 amide bonds. The maximum absolute atomic E-state index is 12.3. The van der Waals surface area contributed by atoms with Gasteiger partial charge in [-0.3, -0.25) is 4.79 Å². The number of ether oxygens (including phenoxy) is 1. The van der Waals surface area contributed by atoms with Crippen molar-refractivity contribution in [2.24, 2.45) is 0 Å². The summed E-state index contributed by atoms with van der Waals surface area (Å²) in [6, 6.07) is 17.4. The number of hydrogen-bond donors (Lipinski definition) is 1. The number of hydrogen-bond acceptors (Lipinski definition) is 6. The van der Waals surface area contributed by atoms with E-state index in [0.29, 0.717) is 5.69 Å². The second-order valence-electron chi connectivity index (χ2n) is 6.73. The number of benzene rings is 2. The van der Waals surface area contributed by atoms with Crippen LogP contribution in [0, 0.1) is 0 Å². The zero-order valence-corrected chi connectivity index (χ0v) is 16.3. The van der Waals surface area contributed by atoms with Gasteiger partial charge < -0.3 is 19.9 Å². The summed E-state index contributed by atoms with van der Waals surface area (Å²) in [4.78, 5) is 25.6. The number of piperazine rings is 1. The van der Waals surface area contributed by atoms with Crippen molar-refractivity contribution < 1.29 is 9.53 Å². The first-order chi connectivity index (χ1) is 14.2. The smallest absolute Gasteiger partial charge is 0.275 e. The van der Waals surface area contributed by atoms with Crippen molar-refractivity contribution >= 4 is 23.1 Å². The maximum Gasteiger partial charge on any atom is 0.275 e. The molecule has 1 saturated heterocycles. The zero-order chi connectivity index (χ0) is 20.1. The van der Waals surface area contributed by atoms with Crippen molar-refractivity contribution in [3.8, 4) is 5.75 Å².